The van der Waals surface area contributed by atoms with Crippen LogP contribution in [0.2, 0.25) is 0 Å². The van der Waals surface area contributed by atoms with E-state index in [9.17, 15) is 0 Å². The van der Waals surface area contributed by atoms with Crippen molar-refractivity contribution in [2.24, 2.45) is 5.10 Å². The standard InChI is InChI=1S/C25H24N2O/c1-17(2)18-12-14-20(15-13-18)25-27-23(21-10-6-7-11-24(21)28-25)16-22(26-27)19-8-4-3-5-9-19/h3-15,17,23,25H,16H2,1-2H3/t23-,25-/m1/s1. The van der Waals surface area contributed by atoms with E-state index in [4.69, 9.17) is 9.84 Å². The molecule has 0 bridgehead atoms. The van der Waals surface area contributed by atoms with Gasteiger partial charge in [0.15, 0.2) is 0 Å². The van der Waals surface area contributed by atoms with Crippen molar-refractivity contribution in [3.63, 3.8) is 0 Å². The van der Waals surface area contributed by atoms with Crippen LogP contribution in [0, 0.1) is 0 Å². The van der Waals surface area contributed by atoms with Crippen molar-refractivity contribution >= 4 is 5.71 Å². The molecule has 3 aromatic rings. The van der Waals surface area contributed by atoms with Gasteiger partial charge in [-0.25, -0.2) is 5.01 Å². The molecule has 0 amide bonds. The summed E-state index contributed by atoms with van der Waals surface area (Å²) in [7, 11) is 0. The largest absolute Gasteiger partial charge is 0.464 e. The summed E-state index contributed by atoms with van der Waals surface area (Å²) >= 11 is 0. The fourth-order valence-electron chi connectivity index (χ4n) is 4.10. The smallest absolute Gasteiger partial charge is 0.213 e. The molecule has 3 nitrogen and oxygen atoms in total. The highest BCUT2D eigenvalue weighted by molar-refractivity contribution is 6.01. The topological polar surface area (TPSA) is 24.8 Å². The molecule has 0 aliphatic carbocycles. The first-order valence-corrected chi connectivity index (χ1v) is 9.97. The van der Waals surface area contributed by atoms with Gasteiger partial charge in [-0.05, 0) is 23.1 Å². The highest BCUT2D eigenvalue weighted by atomic mass is 16.5. The molecule has 28 heavy (non-hydrogen) atoms. The summed E-state index contributed by atoms with van der Waals surface area (Å²) in [6.45, 7) is 4.44. The van der Waals surface area contributed by atoms with Crippen molar-refractivity contribution in [1.29, 1.82) is 0 Å². The molecule has 0 N–H and O–H groups in total. The molecule has 0 saturated carbocycles. The number of benzene rings is 3. The molecule has 0 saturated heterocycles. The Bertz CT molecular complexity index is 1010. The summed E-state index contributed by atoms with van der Waals surface area (Å²) in [5.41, 5.74) is 6.00. The Morgan fingerprint density at radius 2 is 1.61 bits per heavy atom. The monoisotopic (exact) mass is 368 g/mol. The van der Waals surface area contributed by atoms with Gasteiger partial charge in [0.1, 0.15) is 5.75 Å². The van der Waals surface area contributed by atoms with Crippen molar-refractivity contribution in [3.05, 3.63) is 101 Å². The molecule has 0 aromatic heterocycles. The molecule has 2 atom stereocenters. The number of fused-ring (bicyclic) bond motifs is 3. The molecular weight excluding hydrogens is 344 g/mol. The highest BCUT2D eigenvalue weighted by Crippen LogP contribution is 2.47. The first kappa shape index (κ1) is 17.1. The Kier molecular flexibility index (Phi) is 4.16. The number of rotatable bonds is 3. The second-order valence-electron chi connectivity index (χ2n) is 7.84. The third kappa shape index (κ3) is 2.88. The van der Waals surface area contributed by atoms with Crippen LogP contribution >= 0.6 is 0 Å². The molecule has 0 spiro atoms. The van der Waals surface area contributed by atoms with E-state index in [-0.39, 0.29) is 12.3 Å². The molecule has 2 heterocycles. The molecule has 0 radical (unpaired) electrons. The van der Waals surface area contributed by atoms with E-state index in [0.29, 0.717) is 5.92 Å². The van der Waals surface area contributed by atoms with Crippen LogP contribution in [0.15, 0.2) is 84.0 Å². The Balaban J connectivity index is 1.56. The van der Waals surface area contributed by atoms with Gasteiger partial charge in [0.2, 0.25) is 6.23 Å². The molecule has 3 heteroatoms. The van der Waals surface area contributed by atoms with Gasteiger partial charge in [-0.2, -0.15) is 5.10 Å². The fourth-order valence-corrected chi connectivity index (χ4v) is 4.10. The minimum Gasteiger partial charge on any atom is -0.464 e. The third-order valence-electron chi connectivity index (χ3n) is 5.69. The van der Waals surface area contributed by atoms with E-state index in [1.807, 2.05) is 12.1 Å². The van der Waals surface area contributed by atoms with Crippen LogP contribution in [0.4, 0.5) is 0 Å². The zero-order valence-corrected chi connectivity index (χ0v) is 16.2. The summed E-state index contributed by atoms with van der Waals surface area (Å²) in [4.78, 5) is 0. The van der Waals surface area contributed by atoms with E-state index in [0.717, 1.165) is 23.4 Å². The zero-order chi connectivity index (χ0) is 19.1. The first-order chi connectivity index (χ1) is 13.7. The summed E-state index contributed by atoms with van der Waals surface area (Å²) in [5, 5.41) is 7.17. The molecule has 5 rings (SSSR count). The van der Waals surface area contributed by atoms with E-state index in [1.54, 1.807) is 0 Å². The Labute approximate surface area is 166 Å². The number of hydrogen-bond donors (Lipinski definition) is 0. The van der Waals surface area contributed by atoms with Crippen LogP contribution in [0.3, 0.4) is 0 Å². The van der Waals surface area contributed by atoms with E-state index >= 15 is 0 Å². The van der Waals surface area contributed by atoms with Crippen LogP contribution in [0.5, 0.6) is 5.75 Å². The lowest BCUT2D eigenvalue weighted by Gasteiger charge is -2.38. The Morgan fingerprint density at radius 3 is 2.36 bits per heavy atom. The number of hydrazone groups is 1. The van der Waals surface area contributed by atoms with Crippen molar-refractivity contribution in [2.45, 2.75) is 38.5 Å². The maximum atomic E-state index is 6.44. The van der Waals surface area contributed by atoms with Crippen LogP contribution in [-0.4, -0.2) is 10.7 Å². The third-order valence-corrected chi connectivity index (χ3v) is 5.69. The summed E-state index contributed by atoms with van der Waals surface area (Å²) < 4.78 is 6.44. The fraction of sp³-hybridized carbons (Fsp3) is 0.240. The summed E-state index contributed by atoms with van der Waals surface area (Å²) in [6.07, 6.45) is 0.688. The normalized spacial score (nSPS) is 20.4. The average molecular weight is 368 g/mol. The van der Waals surface area contributed by atoms with Crippen LogP contribution in [-0.2, 0) is 0 Å². The number of nitrogens with zero attached hydrogens (tertiary/aromatic N) is 2. The number of para-hydroxylation sites is 1. The first-order valence-electron chi connectivity index (χ1n) is 9.97. The van der Waals surface area contributed by atoms with E-state index in [1.165, 1.54) is 16.7 Å². The summed E-state index contributed by atoms with van der Waals surface area (Å²) in [6, 6.07) is 27.8. The van der Waals surface area contributed by atoms with Gasteiger partial charge < -0.3 is 4.74 Å². The minimum atomic E-state index is -0.206. The Morgan fingerprint density at radius 1 is 0.893 bits per heavy atom. The minimum absolute atomic E-state index is 0.204. The van der Waals surface area contributed by atoms with E-state index in [2.05, 4.69) is 85.6 Å². The van der Waals surface area contributed by atoms with Crippen molar-refractivity contribution < 1.29 is 4.74 Å². The van der Waals surface area contributed by atoms with Gasteiger partial charge in [-0.1, -0.05) is 86.6 Å². The quantitative estimate of drug-likeness (QED) is 0.562. The van der Waals surface area contributed by atoms with Crippen molar-refractivity contribution in [1.82, 2.24) is 5.01 Å². The molecule has 0 unspecified atom stereocenters. The predicted octanol–water partition coefficient (Wildman–Crippen LogP) is 6.05. The molecular formula is C25H24N2O. The maximum Gasteiger partial charge on any atom is 0.213 e. The maximum absolute atomic E-state index is 6.44. The average Bonchev–Trinajstić information content (AvgIpc) is 3.20. The number of hydrogen-bond acceptors (Lipinski definition) is 3. The van der Waals surface area contributed by atoms with Crippen LogP contribution in [0.25, 0.3) is 0 Å². The van der Waals surface area contributed by atoms with Crippen LogP contribution < -0.4 is 4.74 Å². The van der Waals surface area contributed by atoms with Crippen LogP contribution in [0.1, 0.15) is 60.7 Å². The van der Waals surface area contributed by atoms with Gasteiger partial charge in [0.25, 0.3) is 0 Å². The second-order valence-corrected chi connectivity index (χ2v) is 7.84. The SMILES string of the molecule is CC(C)c1ccc([C@H]2Oc3ccccc3[C@H]3CC(c4ccccc4)=NN32)cc1. The molecule has 2 aliphatic heterocycles. The van der Waals surface area contributed by atoms with Gasteiger partial charge in [-0.3, -0.25) is 0 Å². The molecule has 3 aromatic carbocycles. The Hall–Kier alpha value is -3.07. The summed E-state index contributed by atoms with van der Waals surface area (Å²) in [5.74, 6) is 1.48. The highest BCUT2D eigenvalue weighted by Gasteiger charge is 2.40. The van der Waals surface area contributed by atoms with Gasteiger partial charge in [0.05, 0.1) is 11.8 Å². The lowest BCUT2D eigenvalue weighted by atomic mass is 9.95. The van der Waals surface area contributed by atoms with Gasteiger partial charge in [-0.15, -0.1) is 0 Å². The van der Waals surface area contributed by atoms with Crippen molar-refractivity contribution in [3.8, 4) is 5.75 Å². The molecule has 2 aliphatic rings. The lowest BCUT2D eigenvalue weighted by molar-refractivity contribution is -0.0190. The second kappa shape index (κ2) is 6.83. The molecule has 0 fully saturated rings. The van der Waals surface area contributed by atoms with Crippen molar-refractivity contribution in [2.75, 3.05) is 0 Å². The molecule has 140 valence electrons. The lowest BCUT2D eigenvalue weighted by Crippen LogP contribution is -2.33. The zero-order valence-electron chi connectivity index (χ0n) is 16.2. The van der Waals surface area contributed by atoms with E-state index < -0.39 is 0 Å². The predicted molar refractivity (Wildman–Crippen MR) is 113 cm³/mol. The van der Waals surface area contributed by atoms with Gasteiger partial charge >= 0.3 is 0 Å². The number of ether oxygens (including phenoxy) is 1. The van der Waals surface area contributed by atoms with Gasteiger partial charge in [0, 0.05) is 17.5 Å².